The fraction of sp³-hybridized carbons (Fsp3) is 0.0625. The Morgan fingerprint density at radius 3 is 2.44 bits per heavy atom. The minimum absolute atomic E-state index is 0.0626. The van der Waals surface area contributed by atoms with Gasteiger partial charge in [-0.2, -0.15) is 23.7 Å². The zero-order valence-corrected chi connectivity index (χ0v) is 13.0. The Labute approximate surface area is 142 Å². The molecular formula is C16H7F3N4OS. The number of benzene rings is 1. The van der Waals surface area contributed by atoms with Gasteiger partial charge in [0, 0.05) is 26.6 Å². The molecule has 0 radical (unpaired) electrons. The molecule has 2 heterocycles. The number of anilines is 1. The van der Waals surface area contributed by atoms with E-state index in [1.807, 2.05) is 0 Å². The highest BCUT2D eigenvalue weighted by Gasteiger charge is 2.34. The van der Waals surface area contributed by atoms with Crippen LogP contribution in [0.3, 0.4) is 0 Å². The van der Waals surface area contributed by atoms with Crippen LogP contribution in [0, 0.1) is 22.7 Å². The molecule has 5 nitrogen and oxygen atoms in total. The smallest absolute Gasteiger partial charge is 0.384 e. The van der Waals surface area contributed by atoms with Gasteiger partial charge in [0.1, 0.15) is 29.1 Å². The fourth-order valence-corrected chi connectivity index (χ4v) is 3.68. The van der Waals surface area contributed by atoms with Gasteiger partial charge in [-0.15, -0.1) is 11.3 Å². The maximum Gasteiger partial charge on any atom is 0.417 e. The highest BCUT2D eigenvalue weighted by Crippen LogP contribution is 2.43. The summed E-state index contributed by atoms with van der Waals surface area (Å²) in [5.74, 6) is -0.244. The summed E-state index contributed by atoms with van der Waals surface area (Å²) in [7, 11) is 0. The van der Waals surface area contributed by atoms with Crippen molar-refractivity contribution < 1.29 is 13.2 Å². The molecule has 0 aliphatic carbocycles. The van der Waals surface area contributed by atoms with Gasteiger partial charge in [-0.05, 0) is 0 Å². The van der Waals surface area contributed by atoms with Crippen molar-refractivity contribution in [1.29, 1.82) is 10.5 Å². The zero-order valence-electron chi connectivity index (χ0n) is 12.2. The summed E-state index contributed by atoms with van der Waals surface area (Å²) in [6.45, 7) is 0. The van der Waals surface area contributed by atoms with Gasteiger partial charge >= 0.3 is 6.18 Å². The van der Waals surface area contributed by atoms with Crippen LogP contribution in [0.25, 0.3) is 21.2 Å². The van der Waals surface area contributed by atoms with Crippen LogP contribution in [0.1, 0.15) is 16.7 Å². The van der Waals surface area contributed by atoms with E-state index in [2.05, 4.69) is 4.98 Å². The number of nitrogens with two attached hydrogens (primary N) is 1. The van der Waals surface area contributed by atoms with Crippen LogP contribution in [0.2, 0.25) is 0 Å². The van der Waals surface area contributed by atoms with E-state index in [0.29, 0.717) is 0 Å². The number of nitrogens with zero attached hydrogens (tertiary/aromatic N) is 2. The molecule has 25 heavy (non-hydrogen) atoms. The molecule has 0 atom stereocenters. The lowest BCUT2D eigenvalue weighted by Crippen LogP contribution is -2.16. The molecule has 1 aromatic carbocycles. The first-order chi connectivity index (χ1) is 11.8. The molecule has 0 aliphatic heterocycles. The average molecular weight is 360 g/mol. The van der Waals surface area contributed by atoms with E-state index in [-0.39, 0.29) is 38.2 Å². The first-order valence-electron chi connectivity index (χ1n) is 6.73. The number of H-pyrrole nitrogens is 1. The summed E-state index contributed by atoms with van der Waals surface area (Å²) in [5, 5.41) is 19.5. The van der Waals surface area contributed by atoms with E-state index in [4.69, 9.17) is 5.73 Å². The lowest BCUT2D eigenvalue weighted by atomic mass is 9.95. The van der Waals surface area contributed by atoms with Crippen molar-refractivity contribution in [2.45, 2.75) is 6.18 Å². The van der Waals surface area contributed by atoms with Gasteiger partial charge in [-0.25, -0.2) is 0 Å². The van der Waals surface area contributed by atoms with E-state index in [1.54, 1.807) is 12.1 Å². The SMILES string of the molecule is N#Cc1c(N)[nH]c(=O)c(C#N)c1-c1cccc2c(C(F)(F)F)csc12. The number of rotatable bonds is 1. The van der Waals surface area contributed by atoms with Crippen molar-refractivity contribution in [3.8, 4) is 23.3 Å². The third-order valence-electron chi connectivity index (χ3n) is 3.64. The molecule has 9 heteroatoms. The number of alkyl halides is 3. The number of hydrogen-bond donors (Lipinski definition) is 2. The molecule has 0 amide bonds. The molecule has 2 aromatic heterocycles. The Hall–Kier alpha value is -3.30. The lowest BCUT2D eigenvalue weighted by molar-refractivity contribution is -0.136. The van der Waals surface area contributed by atoms with E-state index >= 15 is 0 Å². The number of nitriles is 2. The van der Waals surface area contributed by atoms with Gasteiger partial charge in [0.25, 0.3) is 5.56 Å². The number of hydrogen-bond acceptors (Lipinski definition) is 5. The van der Waals surface area contributed by atoms with Crippen LogP contribution >= 0.6 is 11.3 Å². The maximum atomic E-state index is 13.1. The van der Waals surface area contributed by atoms with Gasteiger partial charge in [0.05, 0.1) is 5.56 Å². The van der Waals surface area contributed by atoms with Gasteiger partial charge < -0.3 is 10.7 Å². The molecule has 0 unspecified atom stereocenters. The minimum Gasteiger partial charge on any atom is -0.384 e. The molecule has 0 fully saturated rings. The van der Waals surface area contributed by atoms with E-state index in [0.717, 1.165) is 16.7 Å². The Morgan fingerprint density at radius 2 is 1.84 bits per heavy atom. The number of fused-ring (bicyclic) bond motifs is 1. The molecule has 0 bridgehead atoms. The highest BCUT2D eigenvalue weighted by molar-refractivity contribution is 7.18. The van der Waals surface area contributed by atoms with Crippen LogP contribution in [-0.2, 0) is 6.18 Å². The minimum atomic E-state index is -4.54. The van der Waals surface area contributed by atoms with Crippen molar-refractivity contribution in [2.24, 2.45) is 0 Å². The van der Waals surface area contributed by atoms with Crippen LogP contribution < -0.4 is 11.3 Å². The lowest BCUT2D eigenvalue weighted by Gasteiger charge is -2.10. The van der Waals surface area contributed by atoms with Gasteiger partial charge in [0.2, 0.25) is 0 Å². The van der Waals surface area contributed by atoms with Gasteiger partial charge in [-0.1, -0.05) is 18.2 Å². The molecule has 0 aliphatic rings. The van der Waals surface area contributed by atoms with Crippen molar-refractivity contribution >= 4 is 27.2 Å². The number of nitrogens with one attached hydrogen (secondary N) is 1. The molecule has 3 N–H and O–H groups in total. The van der Waals surface area contributed by atoms with Crippen molar-refractivity contribution in [1.82, 2.24) is 4.98 Å². The molecular weight excluding hydrogens is 353 g/mol. The Morgan fingerprint density at radius 1 is 1.16 bits per heavy atom. The Kier molecular flexibility index (Phi) is 3.74. The maximum absolute atomic E-state index is 13.1. The van der Waals surface area contributed by atoms with Crippen molar-refractivity contribution in [3.63, 3.8) is 0 Å². The predicted octanol–water partition coefficient (Wildman–Crippen LogP) is 3.60. The second kappa shape index (κ2) is 5.65. The molecule has 0 saturated carbocycles. The van der Waals surface area contributed by atoms with Crippen LogP contribution in [0.4, 0.5) is 19.0 Å². The topological polar surface area (TPSA) is 106 Å². The fourth-order valence-electron chi connectivity index (χ4n) is 2.59. The zero-order chi connectivity index (χ0) is 18.4. The molecule has 0 spiro atoms. The quantitative estimate of drug-likeness (QED) is 0.691. The monoisotopic (exact) mass is 360 g/mol. The Balaban J connectivity index is 2.48. The standard InChI is InChI=1S/C16H7F3N4OS/c17-16(18,19)11-6-25-13-7(11)2-1-3-8(13)12-9(4-20)14(22)23-15(24)10(12)5-21/h1-3,6H,(H3,22,23,24). The molecule has 3 rings (SSSR count). The van der Waals surface area contributed by atoms with E-state index < -0.39 is 17.3 Å². The van der Waals surface area contributed by atoms with Crippen molar-refractivity contribution in [2.75, 3.05) is 5.73 Å². The molecule has 3 aromatic rings. The average Bonchev–Trinajstić information content (AvgIpc) is 2.98. The summed E-state index contributed by atoms with van der Waals surface area (Å²) in [6, 6.07) is 7.63. The number of aromatic amines is 1. The Bertz CT molecular complexity index is 1150. The number of halogens is 3. The third kappa shape index (κ3) is 2.51. The number of aromatic nitrogens is 1. The largest absolute Gasteiger partial charge is 0.417 e. The predicted molar refractivity (Wildman–Crippen MR) is 86.7 cm³/mol. The molecule has 0 saturated heterocycles. The summed E-state index contributed by atoms with van der Waals surface area (Å²) in [6.07, 6.45) is -4.54. The number of pyridine rings is 1. The number of nitrogen functional groups attached to an aromatic ring is 1. The van der Waals surface area contributed by atoms with E-state index in [9.17, 15) is 28.5 Å². The second-order valence-electron chi connectivity index (χ2n) is 5.05. The van der Waals surface area contributed by atoms with Gasteiger partial charge in [0.15, 0.2) is 0 Å². The van der Waals surface area contributed by atoms with Crippen LogP contribution in [-0.4, -0.2) is 4.98 Å². The normalized spacial score (nSPS) is 11.2. The van der Waals surface area contributed by atoms with Crippen LogP contribution in [0.15, 0.2) is 28.4 Å². The molecule has 124 valence electrons. The van der Waals surface area contributed by atoms with E-state index in [1.165, 1.54) is 18.2 Å². The summed E-state index contributed by atoms with van der Waals surface area (Å²) >= 11 is 0.820. The van der Waals surface area contributed by atoms with Crippen molar-refractivity contribution in [3.05, 3.63) is 50.6 Å². The summed E-state index contributed by atoms with van der Waals surface area (Å²) < 4.78 is 39.6. The third-order valence-corrected chi connectivity index (χ3v) is 4.67. The second-order valence-corrected chi connectivity index (χ2v) is 5.93. The first kappa shape index (κ1) is 16.6. The summed E-state index contributed by atoms with van der Waals surface area (Å²) in [4.78, 5) is 14.2. The highest BCUT2D eigenvalue weighted by atomic mass is 32.1. The first-order valence-corrected chi connectivity index (χ1v) is 7.61. The van der Waals surface area contributed by atoms with Crippen LogP contribution in [0.5, 0.6) is 0 Å². The van der Waals surface area contributed by atoms with Gasteiger partial charge in [-0.3, -0.25) is 4.79 Å². The summed E-state index contributed by atoms with van der Waals surface area (Å²) in [5.41, 5.74) is 3.61. The number of thiophene rings is 1.